The highest BCUT2D eigenvalue weighted by Gasteiger charge is 2.26. The van der Waals surface area contributed by atoms with Crippen LogP contribution in [0.1, 0.15) is 51.9 Å². The third kappa shape index (κ3) is 7.91. The number of likely N-dealkylation sites (N-methyl/N-ethyl adjacent to an activating group) is 1. The molecule has 1 aliphatic rings. The number of carboxylic acid groups (broad SMARTS) is 1. The second kappa shape index (κ2) is 12.0. The molecule has 2 amide bonds. The number of carbonyl (C=O) groups excluding carboxylic acids is 3. The minimum absolute atomic E-state index is 0.0719. The maximum absolute atomic E-state index is 12.7. The Bertz CT molecular complexity index is 522. The van der Waals surface area contributed by atoms with E-state index in [1.165, 1.54) is 49.9 Å². The zero-order chi connectivity index (χ0) is 20.4. The largest absolute Gasteiger partial charge is 0.480 e. The Morgan fingerprint density at radius 1 is 1.19 bits per heavy atom. The summed E-state index contributed by atoms with van der Waals surface area (Å²) in [6.45, 7) is 2.17. The Hall–Kier alpha value is -1.57. The molecule has 2 atom stereocenters. The van der Waals surface area contributed by atoms with Crippen molar-refractivity contribution in [3.63, 3.8) is 0 Å². The minimum Gasteiger partial charge on any atom is -0.480 e. The van der Waals surface area contributed by atoms with Crippen LogP contribution in [0, 0.1) is 5.92 Å². The highest BCUT2D eigenvalue weighted by atomic mass is 32.2. The van der Waals surface area contributed by atoms with Crippen molar-refractivity contribution in [2.45, 2.75) is 63.2 Å². The van der Waals surface area contributed by atoms with E-state index in [4.69, 9.17) is 5.11 Å². The quantitative estimate of drug-likeness (QED) is 0.533. The normalized spacial score (nSPS) is 17.0. The molecule has 7 nitrogen and oxygen atoms in total. The number of hydrogen-bond donors (Lipinski definition) is 1. The fraction of sp³-hybridized carbons (Fsp3) is 0.789. The van der Waals surface area contributed by atoms with E-state index in [1.807, 2.05) is 0 Å². The van der Waals surface area contributed by atoms with Crippen LogP contribution >= 0.6 is 11.8 Å². The Kier molecular flexibility index (Phi) is 10.4. The van der Waals surface area contributed by atoms with Gasteiger partial charge in [0, 0.05) is 39.2 Å². The summed E-state index contributed by atoms with van der Waals surface area (Å²) < 4.78 is 0. The first-order valence-electron chi connectivity index (χ1n) is 9.56. The van der Waals surface area contributed by atoms with Gasteiger partial charge < -0.3 is 19.7 Å². The van der Waals surface area contributed by atoms with Gasteiger partial charge in [-0.05, 0) is 25.7 Å². The molecule has 1 saturated carbocycles. The lowest BCUT2D eigenvalue weighted by molar-refractivity contribution is -0.148. The molecular formula is C19H32N2O5S. The van der Waals surface area contributed by atoms with Gasteiger partial charge >= 0.3 is 5.97 Å². The summed E-state index contributed by atoms with van der Waals surface area (Å²) in [5.41, 5.74) is 0. The number of amides is 2. The third-order valence-corrected chi connectivity index (χ3v) is 6.42. The van der Waals surface area contributed by atoms with Gasteiger partial charge in [-0.3, -0.25) is 9.59 Å². The predicted octanol–water partition coefficient (Wildman–Crippen LogP) is 2.04. The lowest BCUT2D eigenvalue weighted by atomic mass is 9.89. The van der Waals surface area contributed by atoms with Crippen LogP contribution in [0.3, 0.4) is 0 Å². The van der Waals surface area contributed by atoms with E-state index < -0.39 is 17.3 Å². The second-order valence-electron chi connectivity index (χ2n) is 7.25. The van der Waals surface area contributed by atoms with Gasteiger partial charge in [0.05, 0.1) is 5.25 Å². The van der Waals surface area contributed by atoms with Gasteiger partial charge in [0.1, 0.15) is 12.3 Å². The summed E-state index contributed by atoms with van der Waals surface area (Å²) in [7, 11) is 3.24. The number of nitrogens with zero attached hydrogens (tertiary/aromatic N) is 2. The first kappa shape index (κ1) is 23.5. The van der Waals surface area contributed by atoms with Crippen molar-refractivity contribution in [1.82, 2.24) is 9.80 Å². The first-order valence-corrected chi connectivity index (χ1v) is 10.6. The topological polar surface area (TPSA) is 95.0 Å². The zero-order valence-corrected chi connectivity index (χ0v) is 17.4. The Morgan fingerprint density at radius 2 is 1.81 bits per heavy atom. The molecule has 0 aromatic heterocycles. The fourth-order valence-electron chi connectivity index (χ4n) is 3.27. The van der Waals surface area contributed by atoms with Crippen molar-refractivity contribution in [2.75, 3.05) is 26.4 Å². The molecule has 0 aromatic carbocycles. The lowest BCUT2D eigenvalue weighted by Crippen LogP contribution is -2.41. The van der Waals surface area contributed by atoms with Gasteiger partial charge in [-0.2, -0.15) is 0 Å². The summed E-state index contributed by atoms with van der Waals surface area (Å²) in [6, 6.07) is -0.892. The Morgan fingerprint density at radius 3 is 2.37 bits per heavy atom. The summed E-state index contributed by atoms with van der Waals surface area (Å²) in [5, 5.41) is 8.47. The van der Waals surface area contributed by atoms with Crippen LogP contribution < -0.4 is 0 Å². The average molecular weight is 401 g/mol. The van der Waals surface area contributed by atoms with Crippen molar-refractivity contribution >= 4 is 35.8 Å². The van der Waals surface area contributed by atoms with Crippen LogP contribution in [0.4, 0.5) is 0 Å². The van der Waals surface area contributed by atoms with Crippen LogP contribution in [0.5, 0.6) is 0 Å². The maximum Gasteiger partial charge on any atom is 0.326 e. The SMILES string of the molecule is C[C@@H](C(=O)O)N(C)C(=O)CCSC(CC=O)C(=O)N(C)CC1CCCCC1. The van der Waals surface area contributed by atoms with E-state index in [2.05, 4.69) is 0 Å². The van der Waals surface area contributed by atoms with Crippen molar-refractivity contribution in [1.29, 1.82) is 0 Å². The van der Waals surface area contributed by atoms with E-state index >= 15 is 0 Å². The van der Waals surface area contributed by atoms with Crippen LogP contribution in [-0.2, 0) is 19.2 Å². The summed E-state index contributed by atoms with van der Waals surface area (Å²) in [5.74, 6) is -0.515. The van der Waals surface area contributed by atoms with Gasteiger partial charge in [0.2, 0.25) is 11.8 Å². The lowest BCUT2D eigenvalue weighted by Gasteiger charge is -2.29. The monoisotopic (exact) mass is 400 g/mol. The Balaban J connectivity index is 2.49. The van der Waals surface area contributed by atoms with Crippen LogP contribution in [0.25, 0.3) is 0 Å². The van der Waals surface area contributed by atoms with E-state index in [0.717, 1.165) is 19.1 Å². The number of aldehydes is 1. The molecule has 1 unspecified atom stereocenters. The molecule has 0 aromatic rings. The predicted molar refractivity (Wildman–Crippen MR) is 106 cm³/mol. The highest BCUT2D eigenvalue weighted by molar-refractivity contribution is 8.00. The number of carboxylic acids is 1. The molecule has 27 heavy (non-hydrogen) atoms. The number of carbonyl (C=O) groups is 4. The van der Waals surface area contributed by atoms with E-state index in [1.54, 1.807) is 11.9 Å². The van der Waals surface area contributed by atoms with Crippen LogP contribution in [0.15, 0.2) is 0 Å². The van der Waals surface area contributed by atoms with E-state index in [0.29, 0.717) is 18.2 Å². The molecule has 1 fully saturated rings. The third-order valence-electron chi connectivity index (χ3n) is 5.19. The molecule has 0 heterocycles. The highest BCUT2D eigenvalue weighted by Crippen LogP contribution is 2.25. The van der Waals surface area contributed by atoms with Gasteiger partial charge in [-0.25, -0.2) is 4.79 Å². The molecule has 8 heteroatoms. The molecule has 0 radical (unpaired) electrons. The molecule has 1 aliphatic carbocycles. The summed E-state index contributed by atoms with van der Waals surface area (Å²) in [4.78, 5) is 49.6. The van der Waals surface area contributed by atoms with E-state index in [9.17, 15) is 19.2 Å². The summed E-state index contributed by atoms with van der Waals surface area (Å²) in [6.07, 6.45) is 6.97. The van der Waals surface area contributed by atoms with Gasteiger partial charge in [0.25, 0.3) is 0 Å². The molecule has 0 spiro atoms. The molecule has 0 saturated heterocycles. The van der Waals surface area contributed by atoms with Gasteiger partial charge in [0.15, 0.2) is 0 Å². The average Bonchev–Trinajstić information content (AvgIpc) is 2.66. The number of thioether (sulfide) groups is 1. The minimum atomic E-state index is -1.06. The van der Waals surface area contributed by atoms with Crippen molar-refractivity contribution in [2.24, 2.45) is 5.92 Å². The van der Waals surface area contributed by atoms with Crippen LogP contribution in [-0.4, -0.2) is 76.7 Å². The summed E-state index contributed by atoms with van der Waals surface area (Å²) >= 11 is 1.29. The fourth-order valence-corrected chi connectivity index (χ4v) is 4.38. The smallest absolute Gasteiger partial charge is 0.326 e. The molecular weight excluding hydrogens is 368 g/mol. The van der Waals surface area contributed by atoms with E-state index in [-0.39, 0.29) is 24.7 Å². The molecule has 0 bridgehead atoms. The number of aliphatic carboxylic acids is 1. The van der Waals surface area contributed by atoms with Gasteiger partial charge in [-0.1, -0.05) is 19.3 Å². The molecule has 0 aliphatic heterocycles. The molecule has 1 N–H and O–H groups in total. The molecule has 154 valence electrons. The maximum atomic E-state index is 12.7. The van der Waals surface area contributed by atoms with Crippen LogP contribution in [0.2, 0.25) is 0 Å². The first-order chi connectivity index (χ1) is 12.8. The van der Waals surface area contributed by atoms with Gasteiger partial charge in [-0.15, -0.1) is 11.8 Å². The zero-order valence-electron chi connectivity index (χ0n) is 16.6. The molecule has 1 rings (SSSR count). The van der Waals surface area contributed by atoms with Crippen molar-refractivity contribution in [3.05, 3.63) is 0 Å². The number of hydrogen-bond acceptors (Lipinski definition) is 5. The Labute approximate surface area is 165 Å². The second-order valence-corrected chi connectivity index (χ2v) is 8.56. The van der Waals surface area contributed by atoms with Crippen molar-refractivity contribution in [3.8, 4) is 0 Å². The van der Waals surface area contributed by atoms with Crippen molar-refractivity contribution < 1.29 is 24.3 Å². The standard InChI is InChI=1S/C19H32N2O5S/c1-14(19(25)26)21(3)17(23)10-12-27-16(9-11-22)18(24)20(2)13-15-7-5-4-6-8-15/h11,14-16H,4-10,12-13H2,1-3H3,(H,25,26)/t14-,16?/m0/s1. The number of rotatable bonds is 11.